The maximum Gasteiger partial charge on any atom is 0.354 e. The molecule has 0 radical (unpaired) electrons. The van der Waals surface area contributed by atoms with E-state index >= 15 is 0 Å². The number of furan rings is 1. The van der Waals surface area contributed by atoms with Gasteiger partial charge in [0, 0.05) is 19.2 Å². The zero-order chi connectivity index (χ0) is 12.4. The van der Waals surface area contributed by atoms with Crippen LogP contribution in [0.15, 0.2) is 16.5 Å². The van der Waals surface area contributed by atoms with Gasteiger partial charge >= 0.3 is 5.97 Å². The predicted molar refractivity (Wildman–Crippen MR) is 57.9 cm³/mol. The number of ether oxygens (including phenoxy) is 2. The molecular weight excluding hydrogens is 226 g/mol. The van der Waals surface area contributed by atoms with Gasteiger partial charge in [0.1, 0.15) is 12.4 Å². The Labute approximate surface area is 96.7 Å². The highest BCUT2D eigenvalue weighted by atomic mass is 16.5. The van der Waals surface area contributed by atoms with E-state index in [1.54, 1.807) is 10.6 Å². The number of carbonyl (C=O) groups is 2. The zero-order valence-corrected chi connectivity index (χ0v) is 9.43. The van der Waals surface area contributed by atoms with Crippen LogP contribution in [0, 0.1) is 0 Å². The number of aromatic nitrogens is 1. The van der Waals surface area contributed by atoms with Gasteiger partial charge in [0.05, 0.1) is 12.6 Å². The van der Waals surface area contributed by atoms with Crippen LogP contribution < -0.4 is 0 Å². The van der Waals surface area contributed by atoms with Crippen LogP contribution in [0.2, 0.25) is 0 Å². The lowest BCUT2D eigenvalue weighted by atomic mass is 10.4. The zero-order valence-electron chi connectivity index (χ0n) is 9.43. The molecule has 0 aromatic carbocycles. The third-order valence-corrected chi connectivity index (χ3v) is 2.38. The summed E-state index contributed by atoms with van der Waals surface area (Å²) >= 11 is 0. The van der Waals surface area contributed by atoms with Gasteiger partial charge in [-0.25, -0.2) is 4.79 Å². The lowest BCUT2D eigenvalue weighted by molar-refractivity contribution is 0.0569. The topological polar surface area (TPSA) is 70.7 Å². The standard InChI is InChI=1S/C11H11NO5/c1-15-6-12-8-3-7(5-13)17-10(8)4-9(12)11(14)16-2/h3-5H,6H2,1-2H3. The maximum absolute atomic E-state index is 11.5. The van der Waals surface area contributed by atoms with Crippen molar-refractivity contribution < 1.29 is 23.5 Å². The van der Waals surface area contributed by atoms with Gasteiger partial charge in [-0.05, 0) is 0 Å². The molecule has 2 aromatic rings. The second-order valence-electron chi connectivity index (χ2n) is 3.38. The van der Waals surface area contributed by atoms with Crippen LogP contribution in [0.1, 0.15) is 21.0 Å². The Kier molecular flexibility index (Phi) is 2.97. The van der Waals surface area contributed by atoms with Crippen LogP contribution in [0.3, 0.4) is 0 Å². The third kappa shape index (κ3) is 1.83. The molecule has 2 heterocycles. The van der Waals surface area contributed by atoms with Crippen molar-refractivity contribution in [3.63, 3.8) is 0 Å². The summed E-state index contributed by atoms with van der Waals surface area (Å²) in [6.45, 7) is 0.172. The number of hydrogen-bond acceptors (Lipinski definition) is 5. The van der Waals surface area contributed by atoms with Gasteiger partial charge in [0.25, 0.3) is 0 Å². The van der Waals surface area contributed by atoms with Gasteiger partial charge in [-0.2, -0.15) is 0 Å². The SMILES string of the molecule is COCn1c(C(=O)OC)cc2oc(C=O)cc21. The van der Waals surface area contributed by atoms with Gasteiger partial charge in [-0.1, -0.05) is 0 Å². The van der Waals surface area contributed by atoms with E-state index in [1.165, 1.54) is 20.3 Å². The van der Waals surface area contributed by atoms with Crippen molar-refractivity contribution in [1.29, 1.82) is 0 Å². The smallest absolute Gasteiger partial charge is 0.354 e. The molecule has 2 rings (SSSR count). The number of aldehydes is 1. The normalized spacial score (nSPS) is 10.7. The first kappa shape index (κ1) is 11.4. The minimum absolute atomic E-state index is 0.172. The Morgan fingerprint density at radius 3 is 2.82 bits per heavy atom. The highest BCUT2D eigenvalue weighted by Crippen LogP contribution is 2.23. The Bertz CT molecular complexity index is 566. The molecule has 0 bridgehead atoms. The fraction of sp³-hybridized carbons (Fsp3) is 0.273. The summed E-state index contributed by atoms with van der Waals surface area (Å²) in [5, 5.41) is 0. The van der Waals surface area contributed by atoms with Crippen LogP contribution in [0.4, 0.5) is 0 Å². The highest BCUT2D eigenvalue weighted by Gasteiger charge is 2.19. The summed E-state index contributed by atoms with van der Waals surface area (Å²) in [5.41, 5.74) is 1.39. The van der Waals surface area contributed by atoms with E-state index in [9.17, 15) is 9.59 Å². The first-order valence-electron chi connectivity index (χ1n) is 4.86. The third-order valence-electron chi connectivity index (χ3n) is 2.38. The molecular formula is C11H11NO5. The monoisotopic (exact) mass is 237 g/mol. The first-order chi connectivity index (χ1) is 8.21. The Morgan fingerprint density at radius 1 is 1.47 bits per heavy atom. The molecule has 0 saturated carbocycles. The van der Waals surface area contributed by atoms with E-state index < -0.39 is 5.97 Å². The van der Waals surface area contributed by atoms with Crippen LogP contribution >= 0.6 is 0 Å². The molecule has 90 valence electrons. The summed E-state index contributed by atoms with van der Waals surface area (Å²) in [5.74, 6) is -0.280. The lowest BCUT2D eigenvalue weighted by Crippen LogP contribution is -2.11. The van der Waals surface area contributed by atoms with E-state index in [1.807, 2.05) is 0 Å². The van der Waals surface area contributed by atoms with Crippen molar-refractivity contribution in [2.24, 2.45) is 0 Å². The lowest BCUT2D eigenvalue weighted by Gasteiger charge is -2.06. The fourth-order valence-electron chi connectivity index (χ4n) is 1.66. The minimum Gasteiger partial charge on any atom is -0.464 e. The number of methoxy groups -OCH3 is 2. The Morgan fingerprint density at radius 2 is 2.24 bits per heavy atom. The van der Waals surface area contributed by atoms with E-state index in [4.69, 9.17) is 9.15 Å². The molecule has 0 fully saturated rings. The van der Waals surface area contributed by atoms with Crippen molar-refractivity contribution in [1.82, 2.24) is 4.57 Å². The van der Waals surface area contributed by atoms with E-state index in [-0.39, 0.29) is 12.5 Å². The predicted octanol–water partition coefficient (Wildman–Crippen LogP) is 1.44. The second kappa shape index (κ2) is 4.42. The summed E-state index contributed by atoms with van der Waals surface area (Å²) in [4.78, 5) is 22.1. The fourth-order valence-corrected chi connectivity index (χ4v) is 1.66. The number of rotatable bonds is 4. The average molecular weight is 237 g/mol. The minimum atomic E-state index is -0.485. The van der Waals surface area contributed by atoms with Crippen LogP contribution in [-0.4, -0.2) is 31.0 Å². The number of esters is 1. The highest BCUT2D eigenvalue weighted by molar-refractivity contribution is 5.95. The maximum atomic E-state index is 11.5. The summed E-state index contributed by atoms with van der Waals surface area (Å²) < 4.78 is 16.5. The van der Waals surface area contributed by atoms with Gasteiger partial charge < -0.3 is 18.5 Å². The Hall–Kier alpha value is -2.08. The number of nitrogens with zero attached hydrogens (tertiary/aromatic N) is 1. The Balaban J connectivity index is 2.60. The van der Waals surface area contributed by atoms with Gasteiger partial charge in [0.2, 0.25) is 0 Å². The molecule has 17 heavy (non-hydrogen) atoms. The van der Waals surface area contributed by atoms with Crippen molar-refractivity contribution in [3.8, 4) is 0 Å². The second-order valence-corrected chi connectivity index (χ2v) is 3.38. The molecule has 0 aliphatic heterocycles. The van der Waals surface area contributed by atoms with E-state index in [2.05, 4.69) is 4.74 Å². The van der Waals surface area contributed by atoms with Crippen LogP contribution in [-0.2, 0) is 16.2 Å². The number of hydrogen-bond donors (Lipinski definition) is 0. The molecule has 6 nitrogen and oxygen atoms in total. The van der Waals surface area contributed by atoms with Crippen LogP contribution in [0.25, 0.3) is 11.1 Å². The van der Waals surface area contributed by atoms with Gasteiger partial charge in [-0.15, -0.1) is 0 Å². The largest absolute Gasteiger partial charge is 0.464 e. The van der Waals surface area contributed by atoms with Crippen molar-refractivity contribution in [3.05, 3.63) is 23.6 Å². The molecule has 0 aliphatic rings. The molecule has 0 aliphatic carbocycles. The molecule has 0 N–H and O–H groups in total. The van der Waals surface area contributed by atoms with Gasteiger partial charge in [0.15, 0.2) is 17.6 Å². The molecule has 0 atom stereocenters. The van der Waals surface area contributed by atoms with E-state index in [0.29, 0.717) is 23.1 Å². The van der Waals surface area contributed by atoms with E-state index in [0.717, 1.165) is 0 Å². The summed E-state index contributed by atoms with van der Waals surface area (Å²) in [6, 6.07) is 3.07. The molecule has 0 spiro atoms. The average Bonchev–Trinajstić information content (AvgIpc) is 2.87. The summed E-state index contributed by atoms with van der Waals surface area (Å²) in [7, 11) is 2.80. The quantitative estimate of drug-likeness (QED) is 0.594. The number of carbonyl (C=O) groups excluding carboxylic acids is 2. The molecule has 6 heteroatoms. The molecule has 0 saturated heterocycles. The van der Waals surface area contributed by atoms with Gasteiger partial charge in [-0.3, -0.25) is 4.79 Å². The van der Waals surface area contributed by atoms with Crippen molar-refractivity contribution in [2.45, 2.75) is 6.73 Å². The molecule has 2 aromatic heterocycles. The van der Waals surface area contributed by atoms with Crippen molar-refractivity contribution in [2.75, 3.05) is 14.2 Å². The van der Waals surface area contributed by atoms with Crippen molar-refractivity contribution >= 4 is 23.4 Å². The first-order valence-corrected chi connectivity index (χ1v) is 4.86. The summed E-state index contributed by atoms with van der Waals surface area (Å²) in [6.07, 6.45) is 0.606. The molecule has 0 amide bonds. The van der Waals surface area contributed by atoms with Crippen LogP contribution in [0.5, 0.6) is 0 Å². The number of fused-ring (bicyclic) bond motifs is 1. The molecule has 0 unspecified atom stereocenters.